The van der Waals surface area contributed by atoms with Gasteiger partial charge in [0.1, 0.15) is 17.7 Å². The molecule has 0 aliphatic heterocycles. The van der Waals surface area contributed by atoms with Crippen LogP contribution in [0.4, 0.5) is 0 Å². The zero-order valence-corrected chi connectivity index (χ0v) is 13.7. The van der Waals surface area contributed by atoms with E-state index in [2.05, 4.69) is 20.6 Å². The van der Waals surface area contributed by atoms with Crippen LogP contribution in [0.25, 0.3) is 5.82 Å². The minimum absolute atomic E-state index is 0.126. The Hall–Kier alpha value is -2.70. The van der Waals surface area contributed by atoms with Gasteiger partial charge in [0.15, 0.2) is 0 Å². The van der Waals surface area contributed by atoms with Gasteiger partial charge >= 0.3 is 0 Å². The summed E-state index contributed by atoms with van der Waals surface area (Å²) >= 11 is 0. The Kier molecular flexibility index (Phi) is 4.59. The fourth-order valence-corrected chi connectivity index (χ4v) is 3.19. The van der Waals surface area contributed by atoms with Crippen LogP contribution in [0.15, 0.2) is 37.1 Å². The van der Waals surface area contributed by atoms with Crippen LogP contribution in [-0.4, -0.2) is 38.9 Å². The first-order chi connectivity index (χ1) is 11.6. The number of hydrogen-bond donors (Lipinski definition) is 2. The zero-order valence-electron chi connectivity index (χ0n) is 13.7. The molecule has 0 bridgehead atoms. The van der Waals surface area contributed by atoms with Crippen molar-refractivity contribution in [3.05, 3.63) is 42.6 Å². The summed E-state index contributed by atoms with van der Waals surface area (Å²) in [4.78, 5) is 33.3. The first kappa shape index (κ1) is 16.2. The molecule has 2 aromatic heterocycles. The maximum Gasteiger partial charge on any atom is 0.252 e. The van der Waals surface area contributed by atoms with Crippen molar-refractivity contribution in [2.24, 2.45) is 0 Å². The number of hydrogen-bond acceptors (Lipinski definition) is 4. The second-order valence-electron chi connectivity index (χ2n) is 6.05. The second kappa shape index (κ2) is 6.82. The molecule has 0 aromatic carbocycles. The van der Waals surface area contributed by atoms with Crippen molar-refractivity contribution in [2.75, 3.05) is 7.05 Å². The molecule has 2 heterocycles. The average Bonchev–Trinajstić information content (AvgIpc) is 3.16. The molecule has 2 N–H and O–H groups in total. The predicted molar refractivity (Wildman–Crippen MR) is 88.7 cm³/mol. The molecule has 0 saturated heterocycles. The number of amides is 2. The molecule has 1 fully saturated rings. The second-order valence-corrected chi connectivity index (χ2v) is 6.05. The number of pyridine rings is 1. The van der Waals surface area contributed by atoms with Crippen molar-refractivity contribution >= 4 is 11.8 Å². The average molecular weight is 327 g/mol. The molecule has 1 saturated carbocycles. The minimum Gasteiger partial charge on any atom is -0.357 e. The van der Waals surface area contributed by atoms with Gasteiger partial charge in [0, 0.05) is 31.2 Å². The van der Waals surface area contributed by atoms with Gasteiger partial charge in [-0.05, 0) is 25.0 Å². The standard InChI is InChI=1S/C17H21N5O2/c1-18-16(24)17(6-3-2-4-7-17)21-15(23)13-5-8-20-14(11-13)22-10-9-19-12-22/h5,8-12H,2-4,6-7H2,1H3,(H,18,24)(H,21,23). The maximum absolute atomic E-state index is 12.7. The van der Waals surface area contributed by atoms with Gasteiger partial charge in [-0.3, -0.25) is 14.2 Å². The Morgan fingerprint density at radius 2 is 2.00 bits per heavy atom. The summed E-state index contributed by atoms with van der Waals surface area (Å²) in [7, 11) is 1.61. The summed E-state index contributed by atoms with van der Waals surface area (Å²) in [5, 5.41) is 5.66. The normalized spacial score (nSPS) is 16.4. The van der Waals surface area contributed by atoms with Crippen LogP contribution < -0.4 is 10.6 Å². The number of nitrogens with zero attached hydrogens (tertiary/aromatic N) is 3. The molecule has 1 aliphatic carbocycles. The van der Waals surface area contributed by atoms with E-state index < -0.39 is 5.54 Å². The van der Waals surface area contributed by atoms with Gasteiger partial charge in [0.05, 0.1) is 0 Å². The van der Waals surface area contributed by atoms with Gasteiger partial charge < -0.3 is 10.6 Å². The molecule has 0 radical (unpaired) electrons. The number of imidazole rings is 1. The lowest BCUT2D eigenvalue weighted by Crippen LogP contribution is -2.59. The monoisotopic (exact) mass is 327 g/mol. The van der Waals surface area contributed by atoms with Crippen molar-refractivity contribution in [1.29, 1.82) is 0 Å². The number of likely N-dealkylation sites (N-methyl/N-ethyl adjacent to an activating group) is 1. The molecule has 24 heavy (non-hydrogen) atoms. The van der Waals surface area contributed by atoms with Crippen molar-refractivity contribution < 1.29 is 9.59 Å². The summed E-state index contributed by atoms with van der Waals surface area (Å²) in [6, 6.07) is 3.34. The molecule has 0 unspecified atom stereocenters. The summed E-state index contributed by atoms with van der Waals surface area (Å²) < 4.78 is 1.73. The molecule has 7 heteroatoms. The Morgan fingerprint density at radius 1 is 1.21 bits per heavy atom. The van der Waals surface area contributed by atoms with Crippen molar-refractivity contribution in [3.63, 3.8) is 0 Å². The number of rotatable bonds is 4. The smallest absolute Gasteiger partial charge is 0.252 e. The Balaban J connectivity index is 1.83. The van der Waals surface area contributed by atoms with E-state index in [0.717, 1.165) is 19.3 Å². The van der Waals surface area contributed by atoms with Crippen molar-refractivity contribution in [2.45, 2.75) is 37.6 Å². The molecule has 3 rings (SSSR count). The third-order valence-electron chi connectivity index (χ3n) is 4.50. The van der Waals surface area contributed by atoms with E-state index in [9.17, 15) is 9.59 Å². The quantitative estimate of drug-likeness (QED) is 0.889. The van der Waals surface area contributed by atoms with E-state index in [-0.39, 0.29) is 11.8 Å². The molecule has 2 aromatic rings. The molecule has 1 aliphatic rings. The van der Waals surface area contributed by atoms with Gasteiger partial charge in [0.25, 0.3) is 5.91 Å². The molecule has 2 amide bonds. The highest BCUT2D eigenvalue weighted by molar-refractivity contribution is 5.99. The fourth-order valence-electron chi connectivity index (χ4n) is 3.19. The van der Waals surface area contributed by atoms with Gasteiger partial charge in [-0.2, -0.15) is 0 Å². The topological polar surface area (TPSA) is 88.9 Å². The molecule has 0 atom stereocenters. The molecular formula is C17H21N5O2. The van der Waals surface area contributed by atoms with E-state index in [1.165, 1.54) is 0 Å². The van der Waals surface area contributed by atoms with E-state index in [1.54, 1.807) is 48.7 Å². The van der Waals surface area contributed by atoms with E-state index in [1.807, 2.05) is 0 Å². The van der Waals surface area contributed by atoms with Crippen LogP contribution in [-0.2, 0) is 4.79 Å². The number of aromatic nitrogens is 3. The Labute approximate surface area is 140 Å². The molecule has 126 valence electrons. The van der Waals surface area contributed by atoms with Crippen LogP contribution in [0, 0.1) is 0 Å². The van der Waals surface area contributed by atoms with Gasteiger partial charge in [-0.25, -0.2) is 9.97 Å². The SMILES string of the molecule is CNC(=O)C1(NC(=O)c2ccnc(-n3ccnc3)c2)CCCCC1. The Morgan fingerprint density at radius 3 is 2.67 bits per heavy atom. The Bertz CT molecular complexity index is 720. The summed E-state index contributed by atoms with van der Waals surface area (Å²) in [6.07, 6.45) is 10.9. The van der Waals surface area contributed by atoms with Crippen LogP contribution in [0.3, 0.4) is 0 Å². The first-order valence-corrected chi connectivity index (χ1v) is 8.14. The van der Waals surface area contributed by atoms with Gasteiger partial charge in [-0.15, -0.1) is 0 Å². The highest BCUT2D eigenvalue weighted by Gasteiger charge is 2.40. The number of carbonyl (C=O) groups excluding carboxylic acids is 2. The van der Waals surface area contributed by atoms with Gasteiger partial charge in [0.2, 0.25) is 5.91 Å². The zero-order chi connectivity index (χ0) is 17.0. The maximum atomic E-state index is 12.7. The lowest BCUT2D eigenvalue weighted by Gasteiger charge is -2.36. The first-order valence-electron chi connectivity index (χ1n) is 8.14. The lowest BCUT2D eigenvalue weighted by molar-refractivity contribution is -0.128. The van der Waals surface area contributed by atoms with Crippen LogP contribution in [0.5, 0.6) is 0 Å². The van der Waals surface area contributed by atoms with Crippen LogP contribution >= 0.6 is 0 Å². The predicted octanol–water partition coefficient (Wildman–Crippen LogP) is 1.45. The summed E-state index contributed by atoms with van der Waals surface area (Å²) in [6.45, 7) is 0. The highest BCUT2D eigenvalue weighted by Crippen LogP contribution is 2.29. The van der Waals surface area contributed by atoms with Gasteiger partial charge in [-0.1, -0.05) is 19.3 Å². The number of carbonyl (C=O) groups is 2. The summed E-state index contributed by atoms with van der Waals surface area (Å²) in [5.74, 6) is 0.224. The van der Waals surface area contributed by atoms with Crippen molar-refractivity contribution in [3.8, 4) is 5.82 Å². The lowest BCUT2D eigenvalue weighted by atomic mass is 9.80. The van der Waals surface area contributed by atoms with E-state index >= 15 is 0 Å². The van der Waals surface area contributed by atoms with Crippen LogP contribution in [0.1, 0.15) is 42.5 Å². The fraction of sp³-hybridized carbons (Fsp3) is 0.412. The van der Waals surface area contributed by atoms with Crippen LogP contribution in [0.2, 0.25) is 0 Å². The summed E-state index contributed by atoms with van der Waals surface area (Å²) in [5.41, 5.74) is -0.342. The van der Waals surface area contributed by atoms with Crippen molar-refractivity contribution in [1.82, 2.24) is 25.2 Å². The van der Waals surface area contributed by atoms with E-state index in [4.69, 9.17) is 0 Å². The third kappa shape index (κ3) is 3.15. The minimum atomic E-state index is -0.817. The largest absolute Gasteiger partial charge is 0.357 e. The van der Waals surface area contributed by atoms with E-state index in [0.29, 0.717) is 24.2 Å². The molecule has 0 spiro atoms. The number of nitrogens with one attached hydrogen (secondary N) is 2. The molecule has 7 nitrogen and oxygen atoms in total. The highest BCUT2D eigenvalue weighted by atomic mass is 16.2. The molecular weight excluding hydrogens is 306 g/mol. The third-order valence-corrected chi connectivity index (χ3v) is 4.50.